The van der Waals surface area contributed by atoms with E-state index in [1.54, 1.807) is 0 Å². The van der Waals surface area contributed by atoms with Gasteiger partial charge in [0.15, 0.2) is 6.10 Å². The predicted molar refractivity (Wildman–Crippen MR) is 289 cm³/mol. The average Bonchev–Trinajstić information content (AvgIpc) is 3.33. The van der Waals surface area contributed by atoms with Crippen LogP contribution >= 0.6 is 0 Å². The monoisotopic (exact) mass is 945 g/mol. The summed E-state index contributed by atoms with van der Waals surface area (Å²) in [6.45, 7) is 6.64. The first-order chi connectivity index (χ1) is 33.0. The fourth-order valence-electron chi connectivity index (χ4n) is 9.21. The molecule has 1 unspecified atom stereocenters. The lowest BCUT2D eigenvalue weighted by Crippen LogP contribution is -2.30. The van der Waals surface area contributed by atoms with Gasteiger partial charge in [-0.3, -0.25) is 14.4 Å². The van der Waals surface area contributed by atoms with Gasteiger partial charge < -0.3 is 14.2 Å². The minimum absolute atomic E-state index is 0.0638. The van der Waals surface area contributed by atoms with E-state index < -0.39 is 6.10 Å². The molecule has 0 fully saturated rings. The van der Waals surface area contributed by atoms with E-state index in [-0.39, 0.29) is 31.1 Å². The number of ether oxygens (including phenoxy) is 3. The molecule has 0 aromatic heterocycles. The highest BCUT2D eigenvalue weighted by molar-refractivity contribution is 5.71. The zero-order valence-electron chi connectivity index (χ0n) is 45.5. The minimum Gasteiger partial charge on any atom is -0.462 e. The molecule has 0 aromatic carbocycles. The summed E-state index contributed by atoms with van der Waals surface area (Å²) < 4.78 is 16.8. The number of hydrogen-bond donors (Lipinski definition) is 0. The maximum atomic E-state index is 12.7. The fourth-order valence-corrected chi connectivity index (χ4v) is 9.21. The van der Waals surface area contributed by atoms with Gasteiger partial charge in [-0.1, -0.05) is 290 Å². The first kappa shape index (κ1) is 65.1. The number of unbranched alkanes of at least 4 members (excludes halogenated alkanes) is 43. The zero-order valence-corrected chi connectivity index (χ0v) is 45.5. The molecule has 0 saturated carbocycles. The van der Waals surface area contributed by atoms with Gasteiger partial charge in [-0.2, -0.15) is 0 Å². The van der Waals surface area contributed by atoms with Crippen LogP contribution in [0.5, 0.6) is 0 Å². The predicted octanol–water partition coefficient (Wildman–Crippen LogP) is 20.1. The molecule has 1 atom stereocenters. The molecule has 0 heterocycles. The summed E-state index contributed by atoms with van der Waals surface area (Å²) in [7, 11) is 0. The largest absolute Gasteiger partial charge is 0.462 e. The van der Waals surface area contributed by atoms with E-state index in [9.17, 15) is 14.4 Å². The number of carbonyl (C=O) groups is 3. The lowest BCUT2D eigenvalue weighted by Gasteiger charge is -2.18. The van der Waals surface area contributed by atoms with E-state index in [1.807, 2.05) is 0 Å². The SMILES string of the molecule is CCCCCCCCCC/C=C\CCCCCCCCCCCCCCCCCCCCCC(=O)OCC(COC(=O)CCCCCCCCCC)OC(=O)CCCCCCCCCCCC. The van der Waals surface area contributed by atoms with Crippen molar-refractivity contribution in [1.82, 2.24) is 0 Å². The topological polar surface area (TPSA) is 78.9 Å². The molecule has 0 rings (SSSR count). The van der Waals surface area contributed by atoms with Crippen molar-refractivity contribution in [3.8, 4) is 0 Å². The summed E-state index contributed by atoms with van der Waals surface area (Å²) in [5.41, 5.74) is 0. The van der Waals surface area contributed by atoms with Crippen LogP contribution in [-0.4, -0.2) is 37.2 Å². The Hall–Kier alpha value is -1.85. The Kier molecular flexibility index (Phi) is 55.2. The molecule has 0 amide bonds. The van der Waals surface area contributed by atoms with Gasteiger partial charge >= 0.3 is 17.9 Å². The standard InChI is InChI=1S/C61H116O6/c1-4-7-10-13-16-19-21-22-23-24-25-26-27-28-29-30-31-32-33-34-35-36-37-38-39-40-41-43-45-48-51-54-60(63)66-57-58(56-65-59(62)53-50-47-44-18-15-12-9-6-3)67-61(64)55-52-49-46-42-20-17-14-11-8-5-2/h24-25,58H,4-23,26-57H2,1-3H3/b25-24-. The Balaban J connectivity index is 3.91. The van der Waals surface area contributed by atoms with Crippen molar-refractivity contribution in [3.05, 3.63) is 12.2 Å². The van der Waals surface area contributed by atoms with Crippen LogP contribution in [0.25, 0.3) is 0 Å². The second kappa shape index (κ2) is 56.7. The van der Waals surface area contributed by atoms with Crippen molar-refractivity contribution in [2.75, 3.05) is 13.2 Å². The molecule has 0 radical (unpaired) electrons. The van der Waals surface area contributed by atoms with Gasteiger partial charge in [0.05, 0.1) is 0 Å². The third kappa shape index (κ3) is 55.0. The van der Waals surface area contributed by atoms with Crippen LogP contribution in [-0.2, 0) is 28.6 Å². The molecule has 6 heteroatoms. The van der Waals surface area contributed by atoms with Gasteiger partial charge in [-0.25, -0.2) is 0 Å². The third-order valence-electron chi connectivity index (χ3n) is 13.8. The number of allylic oxidation sites excluding steroid dienone is 2. The second-order valence-electron chi connectivity index (χ2n) is 20.6. The number of carbonyl (C=O) groups excluding carboxylic acids is 3. The maximum Gasteiger partial charge on any atom is 0.306 e. The van der Waals surface area contributed by atoms with Gasteiger partial charge in [0, 0.05) is 19.3 Å². The molecule has 0 spiro atoms. The van der Waals surface area contributed by atoms with Crippen molar-refractivity contribution >= 4 is 17.9 Å². The molecule has 0 aromatic rings. The quantitative estimate of drug-likeness (QED) is 0.0262. The van der Waals surface area contributed by atoms with E-state index in [0.717, 1.165) is 57.8 Å². The summed E-state index contributed by atoms with van der Waals surface area (Å²) >= 11 is 0. The third-order valence-corrected chi connectivity index (χ3v) is 13.8. The summed E-state index contributed by atoms with van der Waals surface area (Å²) in [5, 5.41) is 0. The molecule has 0 N–H and O–H groups in total. The Morgan fingerprint density at radius 3 is 0.746 bits per heavy atom. The van der Waals surface area contributed by atoms with Crippen LogP contribution in [0, 0.1) is 0 Å². The number of esters is 3. The molecule has 0 saturated heterocycles. The fraction of sp³-hybridized carbons (Fsp3) is 0.918. The van der Waals surface area contributed by atoms with Crippen molar-refractivity contribution in [1.29, 1.82) is 0 Å². The molecule has 0 aliphatic carbocycles. The summed E-state index contributed by atoms with van der Waals surface area (Å²) in [5.74, 6) is -0.850. The molecule has 396 valence electrons. The summed E-state index contributed by atoms with van der Waals surface area (Å²) in [6.07, 6.45) is 65.4. The molecule has 6 nitrogen and oxygen atoms in total. The van der Waals surface area contributed by atoms with E-state index in [0.29, 0.717) is 19.3 Å². The maximum absolute atomic E-state index is 12.7. The van der Waals surface area contributed by atoms with E-state index in [4.69, 9.17) is 14.2 Å². The molecule has 67 heavy (non-hydrogen) atoms. The zero-order chi connectivity index (χ0) is 48.6. The van der Waals surface area contributed by atoms with Crippen molar-refractivity contribution < 1.29 is 28.6 Å². The van der Waals surface area contributed by atoms with Crippen LogP contribution in [0.3, 0.4) is 0 Å². The van der Waals surface area contributed by atoms with Crippen LogP contribution < -0.4 is 0 Å². The Labute approximate surface area is 418 Å². The smallest absolute Gasteiger partial charge is 0.306 e. The first-order valence-corrected chi connectivity index (χ1v) is 30.2. The molecule has 0 aliphatic heterocycles. The van der Waals surface area contributed by atoms with Crippen molar-refractivity contribution in [2.24, 2.45) is 0 Å². The van der Waals surface area contributed by atoms with Crippen LogP contribution in [0.2, 0.25) is 0 Å². The van der Waals surface area contributed by atoms with Gasteiger partial charge in [-0.05, 0) is 44.9 Å². The molecule has 0 aliphatic rings. The van der Waals surface area contributed by atoms with Gasteiger partial charge in [0.1, 0.15) is 13.2 Å². The van der Waals surface area contributed by atoms with Crippen LogP contribution in [0.4, 0.5) is 0 Å². The van der Waals surface area contributed by atoms with E-state index >= 15 is 0 Å². The van der Waals surface area contributed by atoms with Gasteiger partial charge in [-0.15, -0.1) is 0 Å². The highest BCUT2D eigenvalue weighted by atomic mass is 16.6. The van der Waals surface area contributed by atoms with E-state index in [2.05, 4.69) is 32.9 Å². The minimum atomic E-state index is -0.760. The van der Waals surface area contributed by atoms with Crippen molar-refractivity contribution in [3.63, 3.8) is 0 Å². The number of hydrogen-bond acceptors (Lipinski definition) is 6. The van der Waals surface area contributed by atoms with Gasteiger partial charge in [0.25, 0.3) is 0 Å². The first-order valence-electron chi connectivity index (χ1n) is 30.2. The Morgan fingerprint density at radius 1 is 0.284 bits per heavy atom. The highest BCUT2D eigenvalue weighted by Gasteiger charge is 2.19. The van der Waals surface area contributed by atoms with Crippen LogP contribution in [0.15, 0.2) is 12.2 Å². The highest BCUT2D eigenvalue weighted by Crippen LogP contribution is 2.17. The molecular weight excluding hydrogens is 829 g/mol. The Morgan fingerprint density at radius 2 is 0.493 bits per heavy atom. The normalized spacial score (nSPS) is 12.0. The summed E-state index contributed by atoms with van der Waals surface area (Å²) in [4.78, 5) is 37.8. The lowest BCUT2D eigenvalue weighted by molar-refractivity contribution is -0.167. The summed E-state index contributed by atoms with van der Waals surface area (Å²) in [6, 6.07) is 0. The van der Waals surface area contributed by atoms with Crippen LogP contribution in [0.1, 0.15) is 342 Å². The molecule has 0 bridgehead atoms. The van der Waals surface area contributed by atoms with Crippen molar-refractivity contribution in [2.45, 2.75) is 348 Å². The second-order valence-corrected chi connectivity index (χ2v) is 20.6. The van der Waals surface area contributed by atoms with E-state index in [1.165, 1.54) is 244 Å². The lowest BCUT2D eigenvalue weighted by atomic mass is 10.0. The molecular formula is C61H116O6. The average molecular weight is 946 g/mol. The number of rotatable bonds is 56. The van der Waals surface area contributed by atoms with Gasteiger partial charge in [0.2, 0.25) is 0 Å². The Bertz CT molecular complexity index is 1040.